The number of benzene rings is 1. The Hall–Kier alpha value is -2.29. The van der Waals surface area contributed by atoms with E-state index in [2.05, 4.69) is 10.4 Å². The Bertz CT molecular complexity index is 721. The third-order valence-corrected chi connectivity index (χ3v) is 3.18. The van der Waals surface area contributed by atoms with Crippen LogP contribution in [-0.4, -0.2) is 20.8 Å². The predicted octanol–water partition coefficient (Wildman–Crippen LogP) is 3.76. The zero-order valence-electron chi connectivity index (χ0n) is 11.3. The maximum Gasteiger partial charge on any atom is 0.283 e. The third kappa shape index (κ3) is 3.92. The number of aromatic nitrogens is 2. The molecule has 0 saturated carbocycles. The van der Waals surface area contributed by atoms with Crippen molar-refractivity contribution in [1.82, 2.24) is 9.78 Å². The van der Waals surface area contributed by atoms with Crippen molar-refractivity contribution in [3.63, 3.8) is 0 Å². The van der Waals surface area contributed by atoms with Gasteiger partial charge in [-0.05, 0) is 12.1 Å². The third-order valence-electron chi connectivity index (χ3n) is 2.79. The molecule has 0 saturated heterocycles. The van der Waals surface area contributed by atoms with Gasteiger partial charge in [-0.3, -0.25) is 9.48 Å². The molecule has 2 N–H and O–H groups in total. The summed E-state index contributed by atoms with van der Waals surface area (Å²) < 4.78 is 51.7. The van der Waals surface area contributed by atoms with Crippen LogP contribution in [0.25, 0.3) is 0 Å². The van der Waals surface area contributed by atoms with Crippen LogP contribution in [0.15, 0.2) is 24.3 Å². The first-order chi connectivity index (χ1) is 10.8. The van der Waals surface area contributed by atoms with E-state index in [1.54, 1.807) is 0 Å². The lowest BCUT2D eigenvalue weighted by Crippen LogP contribution is -2.21. The maximum atomic E-state index is 12.9. The second kappa shape index (κ2) is 6.86. The second-order valence-corrected chi connectivity index (χ2v) is 4.82. The zero-order chi connectivity index (χ0) is 17.1. The normalized spacial score (nSPS) is 11.3. The quantitative estimate of drug-likeness (QED) is 0.806. The molecule has 0 aliphatic rings. The van der Waals surface area contributed by atoms with Crippen LogP contribution < -0.4 is 5.32 Å². The van der Waals surface area contributed by atoms with Crippen LogP contribution in [0, 0.1) is 0 Å². The highest BCUT2D eigenvalue weighted by molar-refractivity contribution is 6.32. The fraction of sp³-hybridized carbons (Fsp3) is 0.231. The number of carbonyl (C=O) groups excluding carboxylic acids is 1. The highest BCUT2D eigenvalue weighted by atomic mass is 35.5. The smallest absolute Gasteiger partial charge is 0.283 e. The average molecular weight is 352 g/mol. The minimum absolute atomic E-state index is 0.113. The molecule has 1 amide bonds. The fourth-order valence-corrected chi connectivity index (χ4v) is 2.16. The summed E-state index contributed by atoms with van der Waals surface area (Å²) in [5, 5.41) is 14.0. The van der Waals surface area contributed by atoms with Gasteiger partial charge < -0.3 is 10.4 Å². The number of hydrogen-bond acceptors (Lipinski definition) is 3. The van der Waals surface area contributed by atoms with Crippen LogP contribution in [0.3, 0.4) is 0 Å². The Balaban J connectivity index is 2.22. The van der Waals surface area contributed by atoms with E-state index in [-0.39, 0.29) is 11.4 Å². The van der Waals surface area contributed by atoms with Crippen LogP contribution >= 0.6 is 11.6 Å². The highest BCUT2D eigenvalue weighted by Gasteiger charge is 2.28. The average Bonchev–Trinajstić information content (AvgIpc) is 2.75. The first kappa shape index (κ1) is 17.1. The van der Waals surface area contributed by atoms with Crippen LogP contribution in [0.4, 0.5) is 23.2 Å². The van der Waals surface area contributed by atoms with Gasteiger partial charge in [-0.25, -0.2) is 17.6 Å². The Morgan fingerprint density at radius 1 is 1.30 bits per heavy atom. The molecule has 1 aromatic carbocycles. The fourth-order valence-electron chi connectivity index (χ4n) is 1.86. The molecule has 1 heterocycles. The molecule has 0 fully saturated rings. The van der Waals surface area contributed by atoms with Crippen molar-refractivity contribution in [1.29, 1.82) is 0 Å². The molecular formula is C13H10ClF4N3O2. The van der Waals surface area contributed by atoms with E-state index in [1.807, 2.05) is 0 Å². The van der Waals surface area contributed by atoms with E-state index in [1.165, 1.54) is 24.3 Å². The number of hydrogen-bond donors (Lipinski definition) is 2. The van der Waals surface area contributed by atoms with Gasteiger partial charge in [-0.2, -0.15) is 5.10 Å². The lowest BCUT2D eigenvalue weighted by Gasteiger charge is -2.08. The van der Waals surface area contributed by atoms with E-state index in [0.29, 0.717) is 4.68 Å². The maximum absolute atomic E-state index is 12.9. The molecule has 0 radical (unpaired) electrons. The summed E-state index contributed by atoms with van der Waals surface area (Å²) in [6.45, 7) is -0.734. The second-order valence-electron chi connectivity index (χ2n) is 4.44. The summed E-state index contributed by atoms with van der Waals surface area (Å²) in [6.07, 6.45) is -6.31. The number of phenols is 1. The van der Waals surface area contributed by atoms with Gasteiger partial charge in [0.15, 0.2) is 0 Å². The van der Waals surface area contributed by atoms with Crippen molar-refractivity contribution < 1.29 is 27.5 Å². The summed E-state index contributed by atoms with van der Waals surface area (Å²) in [5.41, 5.74) is -1.75. The first-order valence-corrected chi connectivity index (χ1v) is 6.58. The number of anilines is 1. The highest BCUT2D eigenvalue weighted by Crippen LogP contribution is 2.34. The molecule has 1 aromatic heterocycles. The Morgan fingerprint density at radius 3 is 2.57 bits per heavy atom. The number of halogens is 5. The molecule has 0 spiro atoms. The summed E-state index contributed by atoms with van der Waals surface area (Å²) in [5.74, 6) is -0.907. The zero-order valence-corrected chi connectivity index (χ0v) is 12.1. The molecular weight excluding hydrogens is 342 g/mol. The van der Waals surface area contributed by atoms with Crippen LogP contribution in [-0.2, 0) is 11.3 Å². The summed E-state index contributed by atoms with van der Waals surface area (Å²) in [6, 6.07) is 5.50. The van der Waals surface area contributed by atoms with Crippen molar-refractivity contribution >= 4 is 23.2 Å². The molecule has 5 nitrogen and oxygen atoms in total. The van der Waals surface area contributed by atoms with Crippen molar-refractivity contribution in [2.45, 2.75) is 19.4 Å². The topological polar surface area (TPSA) is 67.2 Å². The van der Waals surface area contributed by atoms with E-state index in [9.17, 15) is 27.5 Å². The van der Waals surface area contributed by atoms with Crippen molar-refractivity contribution in [3.8, 4) is 5.75 Å². The number of alkyl halides is 4. The van der Waals surface area contributed by atoms with Gasteiger partial charge in [0.1, 0.15) is 23.7 Å². The first-order valence-electron chi connectivity index (χ1n) is 6.21. The van der Waals surface area contributed by atoms with Crippen molar-refractivity contribution in [3.05, 3.63) is 40.7 Å². The molecule has 124 valence electrons. The van der Waals surface area contributed by atoms with Gasteiger partial charge in [-0.15, -0.1) is 0 Å². The van der Waals surface area contributed by atoms with Crippen LogP contribution in [0.2, 0.25) is 5.02 Å². The number of nitrogens with one attached hydrogen (secondary N) is 1. The summed E-state index contributed by atoms with van der Waals surface area (Å²) in [4.78, 5) is 11.8. The molecule has 2 aromatic rings. The molecule has 10 heteroatoms. The van der Waals surface area contributed by atoms with Gasteiger partial charge in [-0.1, -0.05) is 17.7 Å². The monoisotopic (exact) mass is 351 g/mol. The molecule has 2 rings (SSSR count). The molecule has 0 bridgehead atoms. The largest absolute Gasteiger partial charge is 0.508 e. The Labute approximate surface area is 132 Å². The van der Waals surface area contributed by atoms with Crippen LogP contribution in [0.1, 0.15) is 24.2 Å². The van der Waals surface area contributed by atoms with E-state index in [0.717, 1.165) is 0 Å². The molecule has 23 heavy (non-hydrogen) atoms. The minimum Gasteiger partial charge on any atom is -0.508 e. The number of carbonyl (C=O) groups is 1. The van der Waals surface area contributed by atoms with Gasteiger partial charge >= 0.3 is 0 Å². The van der Waals surface area contributed by atoms with Gasteiger partial charge in [0.25, 0.3) is 12.9 Å². The Morgan fingerprint density at radius 2 is 2.00 bits per heavy atom. The molecule has 0 unspecified atom stereocenters. The molecule has 0 atom stereocenters. The van der Waals surface area contributed by atoms with Crippen molar-refractivity contribution in [2.75, 3.05) is 5.32 Å². The van der Waals surface area contributed by atoms with E-state index < -0.39 is 41.7 Å². The summed E-state index contributed by atoms with van der Waals surface area (Å²) >= 11 is 5.48. The van der Waals surface area contributed by atoms with E-state index >= 15 is 0 Å². The minimum atomic E-state index is -3.17. The van der Waals surface area contributed by atoms with Gasteiger partial charge in [0, 0.05) is 11.8 Å². The number of aromatic hydroxyl groups is 1. The number of amides is 1. The predicted molar refractivity (Wildman–Crippen MR) is 73.9 cm³/mol. The Kier molecular flexibility index (Phi) is 5.09. The van der Waals surface area contributed by atoms with Crippen molar-refractivity contribution in [2.24, 2.45) is 0 Å². The SMILES string of the molecule is O=C(Cn1nc(C(F)F)c(Cl)c1C(F)F)Nc1cccc(O)c1. The molecule has 0 aliphatic heterocycles. The number of rotatable bonds is 5. The van der Waals surface area contributed by atoms with Gasteiger partial charge in [0.05, 0.1) is 5.02 Å². The lowest BCUT2D eigenvalue weighted by molar-refractivity contribution is -0.117. The number of phenolic OH excluding ortho intramolecular Hbond substituents is 1. The van der Waals surface area contributed by atoms with Crippen LogP contribution in [0.5, 0.6) is 5.75 Å². The van der Waals surface area contributed by atoms with E-state index in [4.69, 9.17) is 11.6 Å². The summed E-state index contributed by atoms with van der Waals surface area (Å²) in [7, 11) is 0. The van der Waals surface area contributed by atoms with Gasteiger partial charge in [0.2, 0.25) is 5.91 Å². The molecule has 0 aliphatic carbocycles. The lowest BCUT2D eigenvalue weighted by atomic mass is 10.3. The number of nitrogens with zero attached hydrogens (tertiary/aromatic N) is 2. The standard InChI is InChI=1S/C13H10ClF4N3O2/c14-9-10(12(15)16)20-21(11(9)13(17)18)5-8(23)19-6-2-1-3-7(22)4-6/h1-4,12-13,22H,5H2,(H,19,23).